The maximum Gasteiger partial charge on any atom is 0.287 e. The van der Waals surface area contributed by atoms with Gasteiger partial charge in [-0.05, 0) is 23.8 Å². The summed E-state index contributed by atoms with van der Waals surface area (Å²) in [6.45, 7) is 0.427. The molecule has 0 unspecified atom stereocenters. The van der Waals surface area contributed by atoms with Gasteiger partial charge in [-0.2, -0.15) is 0 Å². The number of hydrogen-bond acceptors (Lipinski definition) is 4. The van der Waals surface area contributed by atoms with Crippen molar-refractivity contribution in [3.05, 3.63) is 78.2 Å². The molecule has 0 atom stereocenters. The van der Waals surface area contributed by atoms with Crippen LogP contribution in [0.1, 0.15) is 22.6 Å². The smallest absolute Gasteiger partial charge is 0.287 e. The first-order valence-electron chi connectivity index (χ1n) is 9.23. The molecule has 1 amide bonds. The van der Waals surface area contributed by atoms with Crippen molar-refractivity contribution >= 4 is 22.8 Å². The van der Waals surface area contributed by atoms with Crippen LogP contribution in [0.15, 0.2) is 66.9 Å². The van der Waals surface area contributed by atoms with Gasteiger partial charge >= 0.3 is 0 Å². The minimum absolute atomic E-state index is 0.247. The zero-order valence-electron chi connectivity index (χ0n) is 15.6. The molecule has 0 radical (unpaired) electrons. The molecule has 0 aliphatic rings. The van der Waals surface area contributed by atoms with E-state index in [1.54, 1.807) is 6.20 Å². The first-order chi connectivity index (χ1) is 14.2. The first-order valence-corrected chi connectivity index (χ1v) is 9.23. The van der Waals surface area contributed by atoms with Crippen molar-refractivity contribution in [3.63, 3.8) is 0 Å². The van der Waals surface area contributed by atoms with E-state index in [1.807, 2.05) is 60.7 Å². The van der Waals surface area contributed by atoms with E-state index in [2.05, 4.69) is 32.1 Å². The van der Waals surface area contributed by atoms with Gasteiger partial charge in [0.15, 0.2) is 5.82 Å². The second-order valence-electron chi connectivity index (χ2n) is 6.43. The summed E-state index contributed by atoms with van der Waals surface area (Å²) in [6, 6.07) is 19.3. The number of rotatable bonds is 4. The predicted molar refractivity (Wildman–Crippen MR) is 114 cm³/mol. The molecule has 0 spiro atoms. The van der Waals surface area contributed by atoms with Gasteiger partial charge in [0.2, 0.25) is 0 Å². The third-order valence-electron chi connectivity index (χ3n) is 4.38. The van der Waals surface area contributed by atoms with E-state index >= 15 is 0 Å². The number of nitrogens with zero attached hydrogens (tertiary/aromatic N) is 2. The normalized spacial score (nSPS) is 10.3. The lowest BCUT2D eigenvalue weighted by molar-refractivity contribution is 0.0945. The Labute approximate surface area is 168 Å². The second kappa shape index (κ2) is 8.28. The second-order valence-corrected chi connectivity index (χ2v) is 6.43. The third kappa shape index (κ3) is 4.25. The number of aromatic amines is 1. The molecule has 142 valence electrons. The van der Waals surface area contributed by atoms with E-state index < -0.39 is 0 Å². The van der Waals surface area contributed by atoms with Crippen LogP contribution in [-0.4, -0.2) is 27.4 Å². The van der Waals surface area contributed by atoms with Crippen LogP contribution in [0.4, 0.5) is 5.82 Å². The van der Waals surface area contributed by atoms with Gasteiger partial charge in [-0.1, -0.05) is 54.3 Å². The number of nitrogens with two attached hydrogens (primary N) is 1. The summed E-state index contributed by atoms with van der Waals surface area (Å²) in [5.41, 5.74) is 10.2. The highest BCUT2D eigenvalue weighted by Crippen LogP contribution is 2.24. The van der Waals surface area contributed by atoms with Crippen molar-refractivity contribution in [3.8, 4) is 23.0 Å². The highest BCUT2D eigenvalue weighted by atomic mass is 16.2. The fourth-order valence-corrected chi connectivity index (χ4v) is 2.94. The van der Waals surface area contributed by atoms with Crippen LogP contribution in [0.25, 0.3) is 22.2 Å². The minimum Gasteiger partial charge on any atom is -0.383 e. The number of pyridine rings is 1. The summed E-state index contributed by atoms with van der Waals surface area (Å²) in [6.07, 6.45) is 2.17. The number of imidazole rings is 1. The number of fused-ring (bicyclic) bond motifs is 1. The molecule has 2 aromatic carbocycles. The largest absolute Gasteiger partial charge is 0.383 e. The lowest BCUT2D eigenvalue weighted by Gasteiger charge is -2.05. The quantitative estimate of drug-likeness (QED) is 0.373. The molecule has 4 rings (SSSR count). The number of benzene rings is 2. The molecule has 4 N–H and O–H groups in total. The third-order valence-corrected chi connectivity index (χ3v) is 4.38. The van der Waals surface area contributed by atoms with E-state index in [0.29, 0.717) is 24.6 Å². The maximum absolute atomic E-state index is 12.2. The van der Waals surface area contributed by atoms with Crippen LogP contribution in [0.5, 0.6) is 0 Å². The van der Waals surface area contributed by atoms with Gasteiger partial charge in [0.1, 0.15) is 5.82 Å². The summed E-state index contributed by atoms with van der Waals surface area (Å²) in [5.74, 6) is 6.66. The van der Waals surface area contributed by atoms with Crippen LogP contribution in [-0.2, 0) is 0 Å². The van der Waals surface area contributed by atoms with Crippen molar-refractivity contribution in [2.45, 2.75) is 6.42 Å². The lowest BCUT2D eigenvalue weighted by Crippen LogP contribution is -2.25. The molecular formula is C23H19N5O. The van der Waals surface area contributed by atoms with Crippen molar-refractivity contribution in [2.24, 2.45) is 0 Å². The number of amides is 1. The van der Waals surface area contributed by atoms with E-state index in [1.165, 1.54) is 0 Å². The van der Waals surface area contributed by atoms with Crippen LogP contribution in [0, 0.1) is 11.8 Å². The number of aromatic nitrogens is 3. The van der Waals surface area contributed by atoms with Gasteiger partial charge in [-0.3, -0.25) is 4.79 Å². The van der Waals surface area contributed by atoms with Crippen molar-refractivity contribution in [2.75, 3.05) is 12.3 Å². The Kier molecular flexibility index (Phi) is 5.21. The standard InChI is InChI=1S/C23H19N5O/c24-21-18(17-9-2-1-3-10-17)14-16(15-26-21)8-6-7-13-25-23(29)22-27-19-11-4-5-12-20(19)28-22/h1-5,9-12,14-15H,7,13H2,(H2,24,26)(H,25,29)(H,27,28). The van der Waals surface area contributed by atoms with E-state index in [4.69, 9.17) is 5.73 Å². The number of anilines is 1. The van der Waals surface area contributed by atoms with E-state index in [0.717, 1.165) is 27.7 Å². The molecule has 6 nitrogen and oxygen atoms in total. The topological polar surface area (TPSA) is 96.7 Å². The number of carbonyl (C=O) groups excluding carboxylic acids is 1. The summed E-state index contributed by atoms with van der Waals surface area (Å²) >= 11 is 0. The number of nitrogen functional groups attached to an aromatic ring is 1. The molecule has 2 heterocycles. The summed E-state index contributed by atoms with van der Waals surface area (Å²) in [7, 11) is 0. The molecule has 0 saturated carbocycles. The lowest BCUT2D eigenvalue weighted by atomic mass is 10.1. The number of H-pyrrole nitrogens is 1. The van der Waals surface area contributed by atoms with Crippen molar-refractivity contribution in [1.29, 1.82) is 0 Å². The Balaban J connectivity index is 1.36. The Morgan fingerprint density at radius 1 is 1.10 bits per heavy atom. The molecule has 0 fully saturated rings. The van der Waals surface area contributed by atoms with Gasteiger partial charge < -0.3 is 16.0 Å². The van der Waals surface area contributed by atoms with Gasteiger partial charge in [0, 0.05) is 30.3 Å². The average molecular weight is 381 g/mol. The highest BCUT2D eigenvalue weighted by molar-refractivity contribution is 5.94. The van der Waals surface area contributed by atoms with Crippen LogP contribution < -0.4 is 11.1 Å². The molecule has 4 aromatic rings. The highest BCUT2D eigenvalue weighted by Gasteiger charge is 2.10. The fourth-order valence-electron chi connectivity index (χ4n) is 2.94. The Morgan fingerprint density at radius 2 is 1.90 bits per heavy atom. The maximum atomic E-state index is 12.2. The number of nitrogens with one attached hydrogen (secondary N) is 2. The average Bonchev–Trinajstić information content (AvgIpc) is 3.19. The van der Waals surface area contributed by atoms with Gasteiger partial charge in [0.25, 0.3) is 5.91 Å². The van der Waals surface area contributed by atoms with Crippen LogP contribution in [0.3, 0.4) is 0 Å². The first kappa shape index (κ1) is 18.3. The molecule has 0 saturated heterocycles. The zero-order chi connectivity index (χ0) is 20.1. The summed E-state index contributed by atoms with van der Waals surface area (Å²) in [4.78, 5) is 23.7. The molecule has 0 aliphatic carbocycles. The fraction of sp³-hybridized carbons (Fsp3) is 0.0870. The molecule has 0 aliphatic heterocycles. The molecule has 29 heavy (non-hydrogen) atoms. The van der Waals surface area contributed by atoms with Crippen LogP contribution in [0.2, 0.25) is 0 Å². The zero-order valence-corrected chi connectivity index (χ0v) is 15.6. The Bertz CT molecular complexity index is 1190. The van der Waals surface area contributed by atoms with Gasteiger partial charge in [-0.15, -0.1) is 0 Å². The molecule has 2 aromatic heterocycles. The molecule has 6 heteroatoms. The van der Waals surface area contributed by atoms with Gasteiger partial charge in [0.05, 0.1) is 11.0 Å². The summed E-state index contributed by atoms with van der Waals surface area (Å²) < 4.78 is 0. The van der Waals surface area contributed by atoms with Crippen LogP contribution >= 0.6 is 0 Å². The Morgan fingerprint density at radius 3 is 2.72 bits per heavy atom. The Hall–Kier alpha value is -4.11. The van der Waals surface area contributed by atoms with Crippen molar-refractivity contribution in [1.82, 2.24) is 20.3 Å². The number of carbonyl (C=O) groups is 1. The molecular weight excluding hydrogens is 362 g/mol. The number of hydrogen-bond donors (Lipinski definition) is 3. The summed E-state index contributed by atoms with van der Waals surface area (Å²) in [5, 5.41) is 2.82. The van der Waals surface area contributed by atoms with E-state index in [9.17, 15) is 4.79 Å². The number of para-hydroxylation sites is 2. The van der Waals surface area contributed by atoms with Crippen molar-refractivity contribution < 1.29 is 4.79 Å². The SMILES string of the molecule is Nc1ncc(C#CCCNC(=O)c2nc3ccccc3[nH]2)cc1-c1ccccc1. The van der Waals surface area contributed by atoms with Gasteiger partial charge in [-0.25, -0.2) is 9.97 Å². The monoisotopic (exact) mass is 381 g/mol. The minimum atomic E-state index is -0.247. The van der Waals surface area contributed by atoms with E-state index in [-0.39, 0.29) is 5.91 Å². The predicted octanol–water partition coefficient (Wildman–Crippen LogP) is 3.38. The molecule has 0 bridgehead atoms.